The van der Waals surface area contributed by atoms with Crippen LogP contribution in [0.25, 0.3) is 11.1 Å². The molecule has 0 spiro atoms. The molecule has 27 heavy (non-hydrogen) atoms. The smallest absolute Gasteiger partial charge is 0.352 e. The van der Waals surface area contributed by atoms with Crippen LogP contribution in [0.2, 0.25) is 0 Å². The summed E-state index contributed by atoms with van der Waals surface area (Å²) in [5, 5.41) is 0. The number of carbonyl (C=O) groups excluding carboxylic acids is 1. The Kier molecular flexibility index (Phi) is 6.38. The summed E-state index contributed by atoms with van der Waals surface area (Å²) >= 11 is 0. The molecule has 4 heteroatoms. The highest BCUT2D eigenvalue weighted by Crippen LogP contribution is 2.36. The summed E-state index contributed by atoms with van der Waals surface area (Å²) in [5.74, 6) is 1.60. The molecule has 0 fully saturated rings. The molecular formula is C23H28O4. The average molecular weight is 368 g/mol. The van der Waals surface area contributed by atoms with Crippen LogP contribution in [0.4, 0.5) is 0 Å². The van der Waals surface area contributed by atoms with Crippen molar-refractivity contribution < 1.29 is 19.0 Å². The van der Waals surface area contributed by atoms with Crippen LogP contribution in [0.1, 0.15) is 52.9 Å². The Morgan fingerprint density at radius 2 is 1.74 bits per heavy atom. The maximum Gasteiger partial charge on any atom is 0.352 e. The van der Waals surface area contributed by atoms with Gasteiger partial charge in [0.25, 0.3) is 0 Å². The van der Waals surface area contributed by atoms with Gasteiger partial charge in [-0.2, -0.15) is 0 Å². The van der Waals surface area contributed by atoms with Gasteiger partial charge in [0.1, 0.15) is 5.75 Å². The summed E-state index contributed by atoms with van der Waals surface area (Å²) in [6, 6.07) is 13.7. The molecule has 2 atom stereocenters. The molecule has 0 N–H and O–H groups in total. The second-order valence-corrected chi connectivity index (χ2v) is 7.14. The molecule has 0 aliphatic carbocycles. The minimum absolute atomic E-state index is 0.223. The highest BCUT2D eigenvalue weighted by atomic mass is 16.6. The van der Waals surface area contributed by atoms with E-state index in [0.717, 1.165) is 23.3 Å². The quantitative estimate of drug-likeness (QED) is 0.337. The van der Waals surface area contributed by atoms with Gasteiger partial charge < -0.3 is 14.2 Å². The molecule has 1 aliphatic rings. The van der Waals surface area contributed by atoms with Gasteiger partial charge in [0.15, 0.2) is 17.6 Å². The van der Waals surface area contributed by atoms with Crippen LogP contribution in [0.5, 0.6) is 17.2 Å². The Morgan fingerprint density at radius 1 is 1.00 bits per heavy atom. The zero-order chi connectivity index (χ0) is 19.2. The number of rotatable bonds is 8. The van der Waals surface area contributed by atoms with Gasteiger partial charge in [0, 0.05) is 0 Å². The molecule has 0 aromatic heterocycles. The molecule has 0 radical (unpaired) electrons. The standard InChI is InChI=1S/C23H28O4/c1-4-5-6-7-8-16(2)25-20-12-9-18(10-13-20)19-11-14-21-22(15-19)26-17(3)23(24)27-21/h9-17H,4-8H2,1-3H3/t16-,17-/m1/s1. The molecule has 144 valence electrons. The molecule has 0 unspecified atom stereocenters. The van der Waals surface area contributed by atoms with Crippen molar-refractivity contribution in [3.63, 3.8) is 0 Å². The molecule has 1 heterocycles. The van der Waals surface area contributed by atoms with Gasteiger partial charge in [-0.25, -0.2) is 4.79 Å². The van der Waals surface area contributed by atoms with Gasteiger partial charge in [0.2, 0.25) is 0 Å². The SMILES string of the molecule is CCCCCC[C@@H](C)Oc1ccc(-c2ccc3c(c2)O[C@H](C)C(=O)O3)cc1. The predicted molar refractivity (Wildman–Crippen MR) is 106 cm³/mol. The fourth-order valence-corrected chi connectivity index (χ4v) is 3.17. The second-order valence-electron chi connectivity index (χ2n) is 7.14. The molecule has 0 amide bonds. The van der Waals surface area contributed by atoms with E-state index >= 15 is 0 Å². The van der Waals surface area contributed by atoms with Crippen molar-refractivity contribution >= 4 is 5.97 Å². The van der Waals surface area contributed by atoms with Crippen molar-refractivity contribution in [3.05, 3.63) is 42.5 Å². The highest BCUT2D eigenvalue weighted by Gasteiger charge is 2.26. The zero-order valence-corrected chi connectivity index (χ0v) is 16.4. The van der Waals surface area contributed by atoms with Gasteiger partial charge in [-0.15, -0.1) is 0 Å². The highest BCUT2D eigenvalue weighted by molar-refractivity contribution is 5.81. The van der Waals surface area contributed by atoms with Gasteiger partial charge >= 0.3 is 5.97 Å². The first-order chi connectivity index (χ1) is 13.1. The zero-order valence-electron chi connectivity index (χ0n) is 16.4. The maximum atomic E-state index is 11.6. The summed E-state index contributed by atoms with van der Waals surface area (Å²) in [5.41, 5.74) is 2.08. The average Bonchev–Trinajstić information content (AvgIpc) is 2.66. The molecule has 0 bridgehead atoms. The predicted octanol–water partition coefficient (Wildman–Crippen LogP) is 5.78. The summed E-state index contributed by atoms with van der Waals surface area (Å²) in [6.45, 7) is 6.04. The van der Waals surface area contributed by atoms with Crippen LogP contribution in [0.3, 0.4) is 0 Å². The summed E-state index contributed by atoms with van der Waals surface area (Å²) in [7, 11) is 0. The first kappa shape index (κ1) is 19.3. The first-order valence-corrected chi connectivity index (χ1v) is 9.86. The van der Waals surface area contributed by atoms with Crippen molar-refractivity contribution in [1.29, 1.82) is 0 Å². The second kappa shape index (κ2) is 8.94. The van der Waals surface area contributed by atoms with E-state index in [-0.39, 0.29) is 12.1 Å². The summed E-state index contributed by atoms with van der Waals surface area (Å²) in [4.78, 5) is 11.6. The van der Waals surface area contributed by atoms with E-state index in [0.29, 0.717) is 11.5 Å². The minimum Gasteiger partial charge on any atom is -0.491 e. The van der Waals surface area contributed by atoms with E-state index < -0.39 is 6.10 Å². The van der Waals surface area contributed by atoms with Crippen molar-refractivity contribution in [2.24, 2.45) is 0 Å². The van der Waals surface area contributed by atoms with E-state index in [2.05, 4.69) is 13.8 Å². The van der Waals surface area contributed by atoms with Crippen LogP contribution in [0.15, 0.2) is 42.5 Å². The fraction of sp³-hybridized carbons (Fsp3) is 0.435. The van der Waals surface area contributed by atoms with Crippen molar-refractivity contribution in [3.8, 4) is 28.4 Å². The van der Waals surface area contributed by atoms with Crippen LogP contribution < -0.4 is 14.2 Å². The molecule has 2 aromatic rings. The third kappa shape index (κ3) is 5.03. The number of unbranched alkanes of at least 4 members (excludes halogenated alkanes) is 3. The minimum atomic E-state index is -0.581. The molecule has 0 saturated carbocycles. The van der Waals surface area contributed by atoms with Gasteiger partial charge in [-0.3, -0.25) is 0 Å². The maximum absolute atomic E-state index is 11.6. The lowest BCUT2D eigenvalue weighted by Crippen LogP contribution is -2.32. The number of ether oxygens (including phenoxy) is 3. The molecule has 2 aromatic carbocycles. The summed E-state index contributed by atoms with van der Waals surface area (Å²) < 4.78 is 16.9. The number of esters is 1. The number of fused-ring (bicyclic) bond motifs is 1. The lowest BCUT2D eigenvalue weighted by molar-refractivity contribution is -0.144. The largest absolute Gasteiger partial charge is 0.491 e. The van der Waals surface area contributed by atoms with Crippen LogP contribution in [-0.4, -0.2) is 18.2 Å². The third-order valence-electron chi connectivity index (χ3n) is 4.78. The Morgan fingerprint density at radius 3 is 2.48 bits per heavy atom. The molecular weight excluding hydrogens is 340 g/mol. The lowest BCUT2D eigenvalue weighted by Gasteiger charge is -2.22. The van der Waals surface area contributed by atoms with Crippen LogP contribution >= 0.6 is 0 Å². The van der Waals surface area contributed by atoms with Gasteiger partial charge in [-0.05, 0) is 62.1 Å². The van der Waals surface area contributed by atoms with Crippen LogP contribution in [-0.2, 0) is 4.79 Å². The van der Waals surface area contributed by atoms with Crippen molar-refractivity contribution in [2.75, 3.05) is 0 Å². The third-order valence-corrected chi connectivity index (χ3v) is 4.78. The van der Waals surface area contributed by atoms with E-state index in [1.54, 1.807) is 13.0 Å². The normalized spacial score (nSPS) is 16.9. The Labute approximate surface area is 161 Å². The van der Waals surface area contributed by atoms with E-state index in [1.807, 2.05) is 36.4 Å². The monoisotopic (exact) mass is 368 g/mol. The van der Waals surface area contributed by atoms with Crippen molar-refractivity contribution in [2.45, 2.75) is 65.1 Å². The van der Waals surface area contributed by atoms with Crippen LogP contribution in [0, 0.1) is 0 Å². The van der Waals surface area contributed by atoms with E-state index in [9.17, 15) is 4.79 Å². The lowest BCUT2D eigenvalue weighted by atomic mass is 10.0. The topological polar surface area (TPSA) is 44.8 Å². The molecule has 0 saturated heterocycles. The number of hydrogen-bond donors (Lipinski definition) is 0. The van der Waals surface area contributed by atoms with E-state index in [4.69, 9.17) is 14.2 Å². The Balaban J connectivity index is 1.62. The Bertz CT molecular complexity index is 766. The molecule has 4 nitrogen and oxygen atoms in total. The van der Waals surface area contributed by atoms with E-state index in [1.165, 1.54) is 25.7 Å². The number of benzene rings is 2. The van der Waals surface area contributed by atoms with Gasteiger partial charge in [0.05, 0.1) is 6.10 Å². The Hall–Kier alpha value is -2.49. The first-order valence-electron chi connectivity index (χ1n) is 9.86. The number of hydrogen-bond acceptors (Lipinski definition) is 4. The molecule has 3 rings (SSSR count). The fourth-order valence-electron chi connectivity index (χ4n) is 3.17. The van der Waals surface area contributed by atoms with Gasteiger partial charge in [-0.1, -0.05) is 44.4 Å². The molecule has 1 aliphatic heterocycles. The summed E-state index contributed by atoms with van der Waals surface area (Å²) in [6.07, 6.45) is 5.77. The number of carbonyl (C=O) groups is 1. The van der Waals surface area contributed by atoms with Crippen molar-refractivity contribution in [1.82, 2.24) is 0 Å².